The second-order valence-corrected chi connectivity index (χ2v) is 9.57. The first-order chi connectivity index (χ1) is 13.0. The van der Waals surface area contributed by atoms with Gasteiger partial charge in [0, 0.05) is 18.5 Å². The van der Waals surface area contributed by atoms with E-state index in [0.717, 1.165) is 6.42 Å². The molecule has 2 saturated heterocycles. The number of halogens is 4. The van der Waals surface area contributed by atoms with Gasteiger partial charge in [-0.15, -0.1) is 0 Å². The number of ether oxygens (including phenoxy) is 1. The molecule has 3 heterocycles. The molecule has 28 heavy (non-hydrogen) atoms. The van der Waals surface area contributed by atoms with Crippen molar-refractivity contribution >= 4 is 61.9 Å². The van der Waals surface area contributed by atoms with Crippen LogP contribution in [-0.2, 0) is 4.74 Å². The summed E-state index contributed by atoms with van der Waals surface area (Å²) < 4.78 is 20.3. The molecule has 0 aliphatic carbocycles. The molecule has 0 N–H and O–H groups in total. The first kappa shape index (κ1) is 19.9. The number of carbonyl (C=O) groups excluding carboxylic acids is 1. The summed E-state index contributed by atoms with van der Waals surface area (Å²) in [5.41, 5.74) is -0.436. The number of rotatable bonds is 1. The Balaban J connectivity index is 1.66. The third-order valence-corrected chi connectivity index (χ3v) is 6.39. The molecule has 1 aromatic heterocycles. The summed E-state index contributed by atoms with van der Waals surface area (Å²) in [7, 11) is 0. The van der Waals surface area contributed by atoms with Crippen molar-refractivity contribution < 1.29 is 13.9 Å². The van der Waals surface area contributed by atoms with E-state index in [4.69, 9.17) is 27.9 Å². The fourth-order valence-electron chi connectivity index (χ4n) is 3.82. The van der Waals surface area contributed by atoms with Crippen molar-refractivity contribution in [3.63, 3.8) is 0 Å². The number of nitrogens with zero attached hydrogens (tertiary/aromatic N) is 4. The molecule has 4 rings (SSSR count). The number of aromatic nitrogens is 2. The van der Waals surface area contributed by atoms with Crippen LogP contribution in [-0.4, -0.2) is 51.7 Å². The van der Waals surface area contributed by atoms with Crippen LogP contribution in [0, 0.1) is 5.82 Å². The Morgan fingerprint density at radius 1 is 1.29 bits per heavy atom. The smallest absolute Gasteiger partial charge is 0.410 e. The number of hydrogen-bond donors (Lipinski definition) is 0. The van der Waals surface area contributed by atoms with Crippen LogP contribution in [0.2, 0.25) is 10.3 Å². The zero-order valence-corrected chi connectivity index (χ0v) is 18.6. The minimum absolute atomic E-state index is 0.000548. The van der Waals surface area contributed by atoms with Crippen LogP contribution >= 0.6 is 39.1 Å². The van der Waals surface area contributed by atoms with Gasteiger partial charge >= 0.3 is 6.09 Å². The number of piperazine rings is 1. The van der Waals surface area contributed by atoms with E-state index in [0.29, 0.717) is 24.3 Å². The molecule has 1 aromatic carbocycles. The highest BCUT2D eigenvalue weighted by Gasteiger charge is 2.47. The molecule has 1 amide bonds. The van der Waals surface area contributed by atoms with Gasteiger partial charge < -0.3 is 14.5 Å². The maximum atomic E-state index is 14.7. The average molecular weight is 492 g/mol. The molecular formula is C18H18BrCl2FN4O2. The van der Waals surface area contributed by atoms with Crippen molar-refractivity contribution in [2.75, 3.05) is 18.0 Å². The van der Waals surface area contributed by atoms with Gasteiger partial charge in [-0.25, -0.2) is 14.2 Å². The van der Waals surface area contributed by atoms with Crippen molar-refractivity contribution in [1.82, 2.24) is 14.9 Å². The van der Waals surface area contributed by atoms with Gasteiger partial charge in [0.15, 0.2) is 5.82 Å². The van der Waals surface area contributed by atoms with Crippen LogP contribution in [0.3, 0.4) is 0 Å². The van der Waals surface area contributed by atoms with Gasteiger partial charge in [-0.1, -0.05) is 11.6 Å². The van der Waals surface area contributed by atoms with Crippen molar-refractivity contribution in [2.45, 2.75) is 44.9 Å². The Morgan fingerprint density at radius 3 is 2.61 bits per heavy atom. The Morgan fingerprint density at radius 2 is 2.00 bits per heavy atom. The number of benzene rings is 1. The third-order valence-electron chi connectivity index (χ3n) is 4.92. The van der Waals surface area contributed by atoms with Gasteiger partial charge in [0.2, 0.25) is 5.28 Å². The Bertz CT molecular complexity index is 984. The highest BCUT2D eigenvalue weighted by molar-refractivity contribution is 9.10. The maximum Gasteiger partial charge on any atom is 0.410 e. The van der Waals surface area contributed by atoms with Crippen molar-refractivity contribution in [1.29, 1.82) is 0 Å². The first-order valence-electron chi connectivity index (χ1n) is 8.82. The number of fused-ring (bicyclic) bond motifs is 3. The SMILES string of the molecule is CC(C)(C)OC(=O)N1CC2CC1CN2c1nc(Cl)nc2c(F)c(Br)c(Cl)cc12. The largest absolute Gasteiger partial charge is 0.444 e. The van der Waals surface area contributed by atoms with E-state index < -0.39 is 11.4 Å². The van der Waals surface area contributed by atoms with Crippen LogP contribution in [0.25, 0.3) is 10.9 Å². The van der Waals surface area contributed by atoms with Gasteiger partial charge in [0.05, 0.1) is 21.6 Å². The lowest BCUT2D eigenvalue weighted by atomic mass is 10.2. The number of amides is 1. The molecule has 0 spiro atoms. The Hall–Kier alpha value is -1.38. The van der Waals surface area contributed by atoms with E-state index in [1.807, 2.05) is 25.7 Å². The first-order valence-corrected chi connectivity index (χ1v) is 10.4. The Labute approximate surface area is 180 Å². The highest BCUT2D eigenvalue weighted by Crippen LogP contribution is 2.40. The number of likely N-dealkylation sites (tertiary alicyclic amines) is 1. The number of hydrogen-bond acceptors (Lipinski definition) is 5. The quantitative estimate of drug-likeness (QED) is 0.413. The standard InChI is InChI=1S/C18H18BrCl2FN4O2/c1-18(2,3)28-17(27)26-7-8-4-9(26)6-25(8)15-10-5-11(20)12(19)13(22)14(10)23-16(21)24-15/h5,8-9H,4,6-7H2,1-3H3. The molecule has 2 aromatic rings. The van der Waals surface area contributed by atoms with Gasteiger partial charge in [-0.05, 0) is 60.8 Å². The van der Waals surface area contributed by atoms with E-state index in [1.54, 1.807) is 11.0 Å². The minimum atomic E-state index is -0.576. The third kappa shape index (κ3) is 3.39. The van der Waals surface area contributed by atoms with E-state index in [1.165, 1.54) is 0 Å². The van der Waals surface area contributed by atoms with Crippen molar-refractivity contribution in [2.24, 2.45) is 0 Å². The van der Waals surface area contributed by atoms with Crippen LogP contribution in [0.4, 0.5) is 15.0 Å². The highest BCUT2D eigenvalue weighted by atomic mass is 79.9. The zero-order valence-electron chi connectivity index (χ0n) is 15.5. The van der Waals surface area contributed by atoms with E-state index in [9.17, 15) is 9.18 Å². The number of anilines is 1. The second-order valence-electron chi connectivity index (χ2n) is 8.03. The molecule has 10 heteroatoms. The molecular weight excluding hydrogens is 474 g/mol. The molecule has 2 bridgehead atoms. The average Bonchev–Trinajstić information content (AvgIpc) is 3.19. The second kappa shape index (κ2) is 6.85. The molecule has 0 radical (unpaired) electrons. The molecule has 150 valence electrons. The van der Waals surface area contributed by atoms with E-state index >= 15 is 0 Å². The van der Waals surface area contributed by atoms with Crippen molar-refractivity contribution in [3.05, 3.63) is 26.7 Å². The van der Waals surface area contributed by atoms with Gasteiger partial charge in [-0.2, -0.15) is 4.98 Å². The fourth-order valence-corrected chi connectivity index (χ4v) is 4.48. The molecule has 2 aliphatic rings. The van der Waals surface area contributed by atoms with E-state index in [-0.39, 0.29) is 38.5 Å². The zero-order chi connectivity index (χ0) is 20.4. The molecule has 0 saturated carbocycles. The van der Waals surface area contributed by atoms with E-state index in [2.05, 4.69) is 25.9 Å². The summed E-state index contributed by atoms with van der Waals surface area (Å²) in [4.78, 5) is 24.6. The molecule has 2 atom stereocenters. The summed E-state index contributed by atoms with van der Waals surface area (Å²) in [6.07, 6.45) is 0.470. The monoisotopic (exact) mass is 490 g/mol. The van der Waals surface area contributed by atoms with Gasteiger partial charge in [-0.3, -0.25) is 0 Å². The topological polar surface area (TPSA) is 58.6 Å². The van der Waals surface area contributed by atoms with Crippen LogP contribution in [0.15, 0.2) is 10.5 Å². The normalized spacial score (nSPS) is 21.7. The molecule has 2 aliphatic heterocycles. The number of carbonyl (C=O) groups is 1. The minimum Gasteiger partial charge on any atom is -0.444 e. The summed E-state index contributed by atoms with van der Waals surface area (Å²) >= 11 is 15.4. The maximum absolute atomic E-state index is 14.7. The summed E-state index contributed by atoms with van der Waals surface area (Å²) in [6.45, 7) is 6.60. The predicted octanol–water partition coefficient (Wildman–Crippen LogP) is 5.04. The lowest BCUT2D eigenvalue weighted by molar-refractivity contribution is 0.0214. The van der Waals surface area contributed by atoms with Gasteiger partial charge in [0.25, 0.3) is 0 Å². The summed E-state index contributed by atoms with van der Waals surface area (Å²) in [6, 6.07) is 1.67. The fraction of sp³-hybridized carbons (Fsp3) is 0.500. The molecule has 2 fully saturated rings. The van der Waals surface area contributed by atoms with Crippen LogP contribution < -0.4 is 4.90 Å². The lowest BCUT2D eigenvalue weighted by Crippen LogP contribution is -2.50. The summed E-state index contributed by atoms with van der Waals surface area (Å²) in [5.74, 6) is -0.0487. The van der Waals surface area contributed by atoms with Crippen molar-refractivity contribution in [3.8, 4) is 0 Å². The van der Waals surface area contributed by atoms with Crippen LogP contribution in [0.1, 0.15) is 27.2 Å². The van der Waals surface area contributed by atoms with Gasteiger partial charge in [0.1, 0.15) is 16.9 Å². The van der Waals surface area contributed by atoms with Crippen LogP contribution in [0.5, 0.6) is 0 Å². The predicted molar refractivity (Wildman–Crippen MR) is 110 cm³/mol. The lowest BCUT2D eigenvalue weighted by Gasteiger charge is -2.36. The summed E-state index contributed by atoms with van der Waals surface area (Å²) in [5, 5.41) is 0.686. The molecule has 2 unspecified atom stereocenters. The Kier molecular flexibility index (Phi) is 4.87. The molecule has 6 nitrogen and oxygen atoms in total.